The van der Waals surface area contributed by atoms with Crippen molar-refractivity contribution in [2.75, 3.05) is 0 Å². The van der Waals surface area contributed by atoms with Gasteiger partial charge in [-0.05, 0) is 0 Å². The van der Waals surface area contributed by atoms with Gasteiger partial charge in [0, 0.05) is 0 Å². The van der Waals surface area contributed by atoms with Gasteiger partial charge in [-0.2, -0.15) is 0 Å². The van der Waals surface area contributed by atoms with Crippen LogP contribution in [-0.2, 0) is 0 Å². The van der Waals surface area contributed by atoms with Gasteiger partial charge in [0.05, 0.1) is 0 Å². The number of hydrogen-bond acceptors (Lipinski definition) is 1. The molecule has 106 valence electrons. The maximum absolute atomic E-state index is 5.99. The standard InChI is InChI=1S/2C6H4Cl.C4H9.H2O.Sn/c2*7-6-4-2-1-3-5-6;1-3-4-2;;/h2*2-5H;1,3-4H2,2H3;1H2;/q;;;;+1/p-1. The van der Waals surface area contributed by atoms with Gasteiger partial charge in [0.2, 0.25) is 0 Å². The van der Waals surface area contributed by atoms with E-state index >= 15 is 0 Å². The largest absolute Gasteiger partial charge is 0.870 e. The Morgan fingerprint density at radius 2 is 1.20 bits per heavy atom. The van der Waals surface area contributed by atoms with Crippen molar-refractivity contribution < 1.29 is 5.48 Å². The van der Waals surface area contributed by atoms with Gasteiger partial charge in [0.25, 0.3) is 0 Å². The molecule has 0 radical (unpaired) electrons. The smallest absolute Gasteiger partial charge is 0.870 e. The van der Waals surface area contributed by atoms with Crippen molar-refractivity contribution >= 4 is 50.1 Å². The van der Waals surface area contributed by atoms with Gasteiger partial charge in [-0.25, -0.2) is 0 Å². The van der Waals surface area contributed by atoms with Crippen molar-refractivity contribution in [1.29, 1.82) is 0 Å². The van der Waals surface area contributed by atoms with Crippen molar-refractivity contribution in [3.05, 3.63) is 58.6 Å². The van der Waals surface area contributed by atoms with Crippen molar-refractivity contribution in [2.45, 2.75) is 24.2 Å². The summed E-state index contributed by atoms with van der Waals surface area (Å²) in [6.45, 7) is 2.25. The predicted octanol–water partition coefficient (Wildman–Crippen LogP) is 4.23. The molecule has 0 aromatic heterocycles. The van der Waals surface area contributed by atoms with Gasteiger partial charge in [0.1, 0.15) is 0 Å². The molecule has 1 nitrogen and oxygen atoms in total. The van der Waals surface area contributed by atoms with Crippen molar-refractivity contribution in [1.82, 2.24) is 0 Å². The summed E-state index contributed by atoms with van der Waals surface area (Å²) in [7, 11) is 0. The molecular formula is C16H18Cl2OSn. The summed E-state index contributed by atoms with van der Waals surface area (Å²) in [5.41, 5.74) is 0. The molecule has 0 saturated heterocycles. The monoisotopic (exact) mass is 416 g/mol. The summed E-state index contributed by atoms with van der Waals surface area (Å²) in [6, 6.07) is 16.9. The average Bonchev–Trinajstić information content (AvgIpc) is 2.43. The van der Waals surface area contributed by atoms with Gasteiger partial charge in [-0.1, -0.05) is 0 Å². The second-order valence-corrected chi connectivity index (χ2v) is 12.9. The van der Waals surface area contributed by atoms with E-state index in [-0.39, 0.29) is 5.48 Å². The van der Waals surface area contributed by atoms with Crippen LogP contribution in [0.3, 0.4) is 0 Å². The van der Waals surface area contributed by atoms with E-state index < -0.39 is 19.8 Å². The summed E-state index contributed by atoms with van der Waals surface area (Å²) in [5.74, 6) is 0. The minimum Gasteiger partial charge on any atom is -0.870 e. The molecule has 0 atom stereocenters. The van der Waals surface area contributed by atoms with Gasteiger partial charge >= 0.3 is 133 Å². The molecule has 0 aliphatic heterocycles. The molecule has 2 aromatic rings. The number of rotatable bonds is 5. The Morgan fingerprint density at radius 3 is 1.55 bits per heavy atom. The summed E-state index contributed by atoms with van der Waals surface area (Å²) >= 11 is 10.2. The van der Waals surface area contributed by atoms with E-state index in [0.717, 1.165) is 10.0 Å². The van der Waals surface area contributed by atoms with Crippen LogP contribution in [0.5, 0.6) is 0 Å². The Morgan fingerprint density at radius 1 is 0.800 bits per heavy atom. The van der Waals surface area contributed by atoms with Crippen molar-refractivity contribution in [2.24, 2.45) is 0 Å². The SMILES string of the molecule is CCC[CH2][Sn+]([c]1ccc(Cl)cc1)[c]1ccc(Cl)cc1.[OH-]. The van der Waals surface area contributed by atoms with Crippen molar-refractivity contribution in [3.8, 4) is 0 Å². The number of hydrogen-bond donors (Lipinski definition) is 0. The van der Waals surface area contributed by atoms with Crippen LogP contribution >= 0.6 is 23.2 Å². The topological polar surface area (TPSA) is 30.0 Å². The Bertz CT molecular complexity index is 466. The van der Waals surface area contributed by atoms with Crippen LogP contribution in [0.4, 0.5) is 0 Å². The van der Waals surface area contributed by atoms with Crippen LogP contribution in [0, 0.1) is 0 Å². The molecule has 0 aliphatic carbocycles. The maximum atomic E-state index is 5.99. The summed E-state index contributed by atoms with van der Waals surface area (Å²) in [4.78, 5) is 0. The molecule has 1 N–H and O–H groups in total. The molecule has 0 aliphatic rings. The first-order valence-electron chi connectivity index (χ1n) is 6.58. The third kappa shape index (κ3) is 4.96. The first kappa shape index (κ1) is 17.8. The average molecular weight is 416 g/mol. The molecule has 0 fully saturated rings. The third-order valence-electron chi connectivity index (χ3n) is 3.17. The molecule has 0 spiro atoms. The van der Waals surface area contributed by atoms with Crippen LogP contribution < -0.4 is 7.16 Å². The fourth-order valence-corrected chi connectivity index (χ4v) is 10.2. The Labute approximate surface area is 138 Å². The van der Waals surface area contributed by atoms with E-state index in [0.29, 0.717) is 0 Å². The van der Waals surface area contributed by atoms with Crippen LogP contribution in [-0.4, -0.2) is 25.2 Å². The molecule has 0 unspecified atom stereocenters. The first-order chi connectivity index (χ1) is 9.20. The van der Waals surface area contributed by atoms with Crippen LogP contribution in [0.1, 0.15) is 19.8 Å². The fraction of sp³-hybridized carbons (Fsp3) is 0.250. The zero-order valence-corrected chi connectivity index (χ0v) is 15.8. The van der Waals surface area contributed by atoms with Crippen LogP contribution in [0.25, 0.3) is 0 Å². The second kappa shape index (κ2) is 8.93. The molecule has 4 heteroatoms. The Kier molecular flexibility index (Phi) is 7.96. The fourth-order valence-electron chi connectivity index (χ4n) is 2.11. The molecule has 0 bridgehead atoms. The number of halogens is 2. The van der Waals surface area contributed by atoms with Crippen LogP contribution in [0.15, 0.2) is 48.5 Å². The normalized spacial score (nSPS) is 9.95. The van der Waals surface area contributed by atoms with Gasteiger partial charge in [-0.3, -0.25) is 0 Å². The van der Waals surface area contributed by atoms with E-state index in [9.17, 15) is 0 Å². The van der Waals surface area contributed by atoms with Crippen LogP contribution in [0.2, 0.25) is 14.5 Å². The molecule has 2 aromatic carbocycles. The molecule has 0 heterocycles. The molecule has 2 rings (SSSR count). The minimum atomic E-state index is -1.77. The summed E-state index contributed by atoms with van der Waals surface area (Å²) in [5, 5.41) is 1.64. The van der Waals surface area contributed by atoms with E-state index in [1.165, 1.54) is 24.4 Å². The second-order valence-electron chi connectivity index (χ2n) is 4.60. The quantitative estimate of drug-likeness (QED) is 0.672. The molecule has 20 heavy (non-hydrogen) atoms. The van der Waals surface area contributed by atoms with E-state index in [2.05, 4.69) is 31.2 Å². The summed E-state index contributed by atoms with van der Waals surface area (Å²) in [6.07, 6.45) is 2.56. The zero-order chi connectivity index (χ0) is 13.7. The van der Waals surface area contributed by atoms with E-state index in [1.807, 2.05) is 24.3 Å². The molecule has 0 saturated carbocycles. The van der Waals surface area contributed by atoms with Gasteiger partial charge in [0.15, 0.2) is 0 Å². The Balaban J connectivity index is 0.00000200. The Hall–Kier alpha value is -0.221. The minimum absolute atomic E-state index is 0. The zero-order valence-electron chi connectivity index (χ0n) is 11.4. The predicted molar refractivity (Wildman–Crippen MR) is 89.6 cm³/mol. The van der Waals surface area contributed by atoms with Gasteiger partial charge in [-0.15, -0.1) is 0 Å². The first-order valence-corrected chi connectivity index (χ1v) is 12.2. The third-order valence-corrected chi connectivity index (χ3v) is 12.0. The van der Waals surface area contributed by atoms with Gasteiger partial charge < -0.3 is 5.48 Å². The number of benzene rings is 2. The van der Waals surface area contributed by atoms with E-state index in [1.54, 1.807) is 0 Å². The van der Waals surface area contributed by atoms with Crippen molar-refractivity contribution in [3.63, 3.8) is 0 Å². The molecular weight excluding hydrogens is 398 g/mol. The maximum Gasteiger partial charge on any atom is -0.870 e. The molecule has 0 amide bonds. The summed E-state index contributed by atoms with van der Waals surface area (Å²) < 4.78 is 4.38. The number of unbranched alkanes of at least 4 members (excludes halogenated alkanes) is 1. The van der Waals surface area contributed by atoms with E-state index in [4.69, 9.17) is 23.2 Å².